The molecule has 4 nitrogen and oxygen atoms in total. The molecular formula is C21H29NO3. The zero-order chi connectivity index (χ0) is 18.2. The Kier molecular flexibility index (Phi) is 7.14. The highest BCUT2D eigenvalue weighted by atomic mass is 16.5. The minimum atomic E-state index is 0.426. The molecule has 0 unspecified atom stereocenters. The van der Waals surface area contributed by atoms with Crippen LogP contribution in [0.25, 0.3) is 0 Å². The van der Waals surface area contributed by atoms with E-state index in [1.807, 2.05) is 25.2 Å². The van der Waals surface area contributed by atoms with E-state index in [-0.39, 0.29) is 0 Å². The van der Waals surface area contributed by atoms with Gasteiger partial charge in [0.25, 0.3) is 0 Å². The molecule has 0 aromatic heterocycles. The van der Waals surface area contributed by atoms with Crippen LogP contribution in [0.2, 0.25) is 0 Å². The number of ether oxygens (including phenoxy) is 3. The number of aryl methyl sites for hydroxylation is 1. The molecule has 0 atom stereocenters. The smallest absolute Gasteiger partial charge is 0.161 e. The predicted octanol–water partition coefficient (Wildman–Crippen LogP) is 4.30. The summed E-state index contributed by atoms with van der Waals surface area (Å²) in [6.45, 7) is 8.16. The van der Waals surface area contributed by atoms with Gasteiger partial charge in [-0.1, -0.05) is 32.0 Å². The van der Waals surface area contributed by atoms with Crippen LogP contribution in [0.4, 0.5) is 0 Å². The largest absolute Gasteiger partial charge is 0.493 e. The third kappa shape index (κ3) is 5.40. The molecule has 1 N–H and O–H groups in total. The first kappa shape index (κ1) is 19.1. The molecule has 0 radical (unpaired) electrons. The molecule has 136 valence electrons. The first-order valence-electron chi connectivity index (χ1n) is 8.72. The number of hydrogen-bond donors (Lipinski definition) is 1. The number of rotatable bonds is 9. The van der Waals surface area contributed by atoms with Crippen LogP contribution in [0.5, 0.6) is 17.2 Å². The molecule has 0 amide bonds. The minimum absolute atomic E-state index is 0.426. The fourth-order valence-electron chi connectivity index (χ4n) is 2.69. The molecule has 2 aromatic rings. The van der Waals surface area contributed by atoms with Crippen molar-refractivity contribution in [2.24, 2.45) is 0 Å². The number of nitrogens with one attached hydrogen (secondary N) is 1. The van der Waals surface area contributed by atoms with Gasteiger partial charge in [-0.15, -0.1) is 0 Å². The van der Waals surface area contributed by atoms with Crippen molar-refractivity contribution < 1.29 is 14.2 Å². The van der Waals surface area contributed by atoms with Crippen LogP contribution in [-0.4, -0.2) is 27.4 Å². The third-order valence-electron chi connectivity index (χ3n) is 4.00. The zero-order valence-corrected chi connectivity index (χ0v) is 15.9. The number of benzene rings is 2. The van der Waals surface area contributed by atoms with Crippen molar-refractivity contribution in [3.63, 3.8) is 0 Å². The van der Waals surface area contributed by atoms with Gasteiger partial charge in [0.15, 0.2) is 11.5 Å². The standard InChI is InChI=1S/C21H29NO3/c1-15(2)18-8-6-16(3)12-20(18)24-10-11-25-21-13-17(14-22-4)7-9-19(21)23-5/h6-9,12-13,15,22H,10-11,14H2,1-5H3. The van der Waals surface area contributed by atoms with Gasteiger partial charge in [0, 0.05) is 6.54 Å². The first-order valence-corrected chi connectivity index (χ1v) is 8.72. The van der Waals surface area contributed by atoms with Gasteiger partial charge in [0.05, 0.1) is 7.11 Å². The SMILES string of the molecule is CNCc1ccc(OC)c(OCCOc2cc(C)ccc2C(C)C)c1. The van der Waals surface area contributed by atoms with Crippen LogP contribution < -0.4 is 19.5 Å². The van der Waals surface area contributed by atoms with Gasteiger partial charge in [-0.2, -0.15) is 0 Å². The van der Waals surface area contributed by atoms with E-state index in [4.69, 9.17) is 14.2 Å². The fourth-order valence-corrected chi connectivity index (χ4v) is 2.69. The predicted molar refractivity (Wildman–Crippen MR) is 102 cm³/mol. The summed E-state index contributed by atoms with van der Waals surface area (Å²) in [6.07, 6.45) is 0. The van der Waals surface area contributed by atoms with Crippen molar-refractivity contribution in [3.05, 3.63) is 53.1 Å². The van der Waals surface area contributed by atoms with Gasteiger partial charge in [0.2, 0.25) is 0 Å². The maximum atomic E-state index is 5.97. The fraction of sp³-hybridized carbons (Fsp3) is 0.429. The molecule has 0 saturated carbocycles. The molecule has 0 heterocycles. The van der Waals surface area contributed by atoms with E-state index in [0.29, 0.717) is 19.1 Å². The first-order chi connectivity index (χ1) is 12.0. The van der Waals surface area contributed by atoms with E-state index < -0.39 is 0 Å². The lowest BCUT2D eigenvalue weighted by atomic mass is 10.0. The Morgan fingerprint density at radius 1 is 0.920 bits per heavy atom. The van der Waals surface area contributed by atoms with Crippen molar-refractivity contribution in [2.45, 2.75) is 33.2 Å². The topological polar surface area (TPSA) is 39.7 Å². The van der Waals surface area contributed by atoms with Crippen LogP contribution in [0, 0.1) is 6.92 Å². The van der Waals surface area contributed by atoms with E-state index in [1.54, 1.807) is 7.11 Å². The molecule has 0 aliphatic rings. The third-order valence-corrected chi connectivity index (χ3v) is 4.00. The van der Waals surface area contributed by atoms with Gasteiger partial charge >= 0.3 is 0 Å². The molecule has 0 aliphatic carbocycles. The molecule has 0 fully saturated rings. The Morgan fingerprint density at radius 2 is 1.64 bits per heavy atom. The lowest BCUT2D eigenvalue weighted by Gasteiger charge is -2.16. The summed E-state index contributed by atoms with van der Waals surface area (Å²) in [5.41, 5.74) is 3.57. The van der Waals surface area contributed by atoms with E-state index in [0.717, 1.165) is 29.4 Å². The van der Waals surface area contributed by atoms with Crippen LogP contribution in [-0.2, 0) is 6.54 Å². The highest BCUT2D eigenvalue weighted by Gasteiger charge is 2.09. The Balaban J connectivity index is 1.97. The van der Waals surface area contributed by atoms with Gasteiger partial charge < -0.3 is 19.5 Å². The van der Waals surface area contributed by atoms with Crippen LogP contribution >= 0.6 is 0 Å². The quantitative estimate of drug-likeness (QED) is 0.689. The minimum Gasteiger partial charge on any atom is -0.493 e. The van der Waals surface area contributed by atoms with Crippen LogP contribution in [0.1, 0.15) is 36.5 Å². The summed E-state index contributed by atoms with van der Waals surface area (Å²) in [5.74, 6) is 2.84. The summed E-state index contributed by atoms with van der Waals surface area (Å²) in [4.78, 5) is 0. The molecule has 0 spiro atoms. The zero-order valence-electron chi connectivity index (χ0n) is 15.9. The Labute approximate surface area is 151 Å². The highest BCUT2D eigenvalue weighted by molar-refractivity contribution is 5.43. The summed E-state index contributed by atoms with van der Waals surface area (Å²) in [5, 5.41) is 3.14. The van der Waals surface area contributed by atoms with Crippen molar-refractivity contribution in [1.29, 1.82) is 0 Å². The maximum absolute atomic E-state index is 5.97. The summed E-state index contributed by atoms with van der Waals surface area (Å²) in [7, 11) is 3.57. The lowest BCUT2D eigenvalue weighted by Crippen LogP contribution is -2.11. The Bertz CT molecular complexity index is 683. The van der Waals surface area contributed by atoms with E-state index in [1.165, 1.54) is 11.1 Å². The molecule has 0 aliphatic heterocycles. The van der Waals surface area contributed by atoms with E-state index >= 15 is 0 Å². The summed E-state index contributed by atoms with van der Waals surface area (Å²) in [6, 6.07) is 12.3. The van der Waals surface area contributed by atoms with Crippen molar-refractivity contribution >= 4 is 0 Å². The van der Waals surface area contributed by atoms with Crippen molar-refractivity contribution in [1.82, 2.24) is 5.32 Å². The lowest BCUT2D eigenvalue weighted by molar-refractivity contribution is 0.209. The van der Waals surface area contributed by atoms with Crippen LogP contribution in [0.3, 0.4) is 0 Å². The van der Waals surface area contributed by atoms with Crippen molar-refractivity contribution in [2.75, 3.05) is 27.4 Å². The van der Waals surface area contributed by atoms with Gasteiger partial charge in [-0.25, -0.2) is 0 Å². The van der Waals surface area contributed by atoms with Crippen LogP contribution in [0.15, 0.2) is 36.4 Å². The Hall–Kier alpha value is -2.20. The van der Waals surface area contributed by atoms with E-state index in [2.05, 4.69) is 44.3 Å². The van der Waals surface area contributed by atoms with Crippen molar-refractivity contribution in [3.8, 4) is 17.2 Å². The monoisotopic (exact) mass is 343 g/mol. The highest BCUT2D eigenvalue weighted by Crippen LogP contribution is 2.29. The summed E-state index contributed by atoms with van der Waals surface area (Å²) >= 11 is 0. The molecule has 4 heteroatoms. The molecule has 25 heavy (non-hydrogen) atoms. The molecular weight excluding hydrogens is 314 g/mol. The number of hydrogen-bond acceptors (Lipinski definition) is 4. The maximum Gasteiger partial charge on any atom is 0.161 e. The van der Waals surface area contributed by atoms with Gasteiger partial charge in [0.1, 0.15) is 19.0 Å². The normalized spacial score (nSPS) is 10.8. The second-order valence-electron chi connectivity index (χ2n) is 6.41. The second kappa shape index (κ2) is 9.33. The average Bonchev–Trinajstić information content (AvgIpc) is 2.59. The Morgan fingerprint density at radius 3 is 2.28 bits per heavy atom. The molecule has 2 aromatic carbocycles. The second-order valence-corrected chi connectivity index (χ2v) is 6.41. The summed E-state index contributed by atoms with van der Waals surface area (Å²) < 4.78 is 17.2. The number of methoxy groups -OCH3 is 1. The molecule has 0 saturated heterocycles. The van der Waals surface area contributed by atoms with Gasteiger partial charge in [-0.3, -0.25) is 0 Å². The van der Waals surface area contributed by atoms with Gasteiger partial charge in [-0.05, 0) is 54.8 Å². The molecule has 2 rings (SSSR count). The van der Waals surface area contributed by atoms with E-state index in [9.17, 15) is 0 Å². The molecule has 0 bridgehead atoms. The average molecular weight is 343 g/mol.